The van der Waals surface area contributed by atoms with Gasteiger partial charge in [0, 0.05) is 48.3 Å². The standard InChI is InChI=1S/C28H28N6O4/c29-25(32-10-13-37-14-11-32)17-1-3-19(4-2-17)33-16-28(8-9-28)22-23(26(30)35)31-34(24(22)27(33)36)20-5-6-21-18(15-20)7-12-38-21/h1-6,15,29H,7-14,16H2,(H2,30,35). The highest BCUT2D eigenvalue weighted by Gasteiger charge is 2.56. The van der Waals surface area contributed by atoms with Crippen LogP contribution in [0.5, 0.6) is 5.75 Å². The normalized spacial score (nSPS) is 19.2. The van der Waals surface area contributed by atoms with Gasteiger partial charge in [-0.25, -0.2) is 4.68 Å². The number of anilines is 1. The SMILES string of the molecule is N=C(c1ccc(N2CC3(CC3)c3c(C(N)=O)nn(-c4ccc5c(c4)CCO5)c3C2=O)cc1)N1CCOCC1. The second kappa shape index (κ2) is 8.42. The Morgan fingerprint density at radius 1 is 1.03 bits per heavy atom. The molecule has 194 valence electrons. The Bertz CT molecular complexity index is 1480. The summed E-state index contributed by atoms with van der Waals surface area (Å²) in [6.45, 7) is 3.70. The number of rotatable bonds is 4. The van der Waals surface area contributed by atoms with Gasteiger partial charge in [-0.2, -0.15) is 5.10 Å². The van der Waals surface area contributed by atoms with Gasteiger partial charge in [0.05, 0.1) is 25.5 Å². The molecule has 4 heterocycles. The molecule has 1 saturated heterocycles. The van der Waals surface area contributed by atoms with E-state index in [1.165, 1.54) is 0 Å². The van der Waals surface area contributed by atoms with Crippen molar-refractivity contribution in [3.63, 3.8) is 0 Å². The summed E-state index contributed by atoms with van der Waals surface area (Å²) in [5.74, 6) is 0.447. The summed E-state index contributed by atoms with van der Waals surface area (Å²) in [5.41, 5.74) is 9.98. The van der Waals surface area contributed by atoms with E-state index in [9.17, 15) is 9.59 Å². The molecule has 1 aromatic heterocycles. The number of fused-ring (bicyclic) bond motifs is 3. The molecule has 2 amide bonds. The maximum absolute atomic E-state index is 14.1. The van der Waals surface area contributed by atoms with Crippen molar-refractivity contribution in [2.45, 2.75) is 24.7 Å². The number of hydrogen-bond donors (Lipinski definition) is 2. The molecule has 10 heteroatoms. The van der Waals surface area contributed by atoms with Gasteiger partial charge in [-0.15, -0.1) is 0 Å². The second-order valence-electron chi connectivity index (χ2n) is 10.4. The molecule has 2 fully saturated rings. The van der Waals surface area contributed by atoms with Gasteiger partial charge in [-0.3, -0.25) is 15.0 Å². The zero-order valence-corrected chi connectivity index (χ0v) is 20.9. The van der Waals surface area contributed by atoms with E-state index in [0.717, 1.165) is 41.8 Å². The lowest BCUT2D eigenvalue weighted by Crippen LogP contribution is -2.45. The molecule has 7 rings (SSSR count). The van der Waals surface area contributed by atoms with Crippen molar-refractivity contribution in [3.8, 4) is 11.4 Å². The van der Waals surface area contributed by atoms with E-state index in [-0.39, 0.29) is 17.0 Å². The van der Waals surface area contributed by atoms with Crippen LogP contribution in [0.2, 0.25) is 0 Å². The number of benzene rings is 2. The Morgan fingerprint density at radius 3 is 2.47 bits per heavy atom. The van der Waals surface area contributed by atoms with Crippen molar-refractivity contribution in [3.05, 3.63) is 70.5 Å². The van der Waals surface area contributed by atoms with E-state index in [1.807, 2.05) is 47.4 Å². The number of nitrogens with two attached hydrogens (primary N) is 1. The van der Waals surface area contributed by atoms with Gasteiger partial charge >= 0.3 is 0 Å². The molecule has 2 aromatic carbocycles. The smallest absolute Gasteiger partial charge is 0.277 e. The lowest BCUT2D eigenvalue weighted by atomic mass is 9.88. The molecule has 0 unspecified atom stereocenters. The molecule has 0 atom stereocenters. The quantitative estimate of drug-likeness (QED) is 0.408. The first-order valence-corrected chi connectivity index (χ1v) is 13.0. The predicted octanol–water partition coefficient (Wildman–Crippen LogP) is 2.26. The van der Waals surface area contributed by atoms with E-state index in [1.54, 1.807) is 9.58 Å². The molecule has 10 nitrogen and oxygen atoms in total. The summed E-state index contributed by atoms with van der Waals surface area (Å²) in [6, 6.07) is 13.3. The minimum absolute atomic E-state index is 0.177. The van der Waals surface area contributed by atoms with Crippen molar-refractivity contribution in [1.82, 2.24) is 14.7 Å². The molecule has 1 spiro atoms. The summed E-state index contributed by atoms with van der Waals surface area (Å²) in [6.07, 6.45) is 2.49. The van der Waals surface area contributed by atoms with E-state index in [4.69, 9.17) is 20.6 Å². The van der Waals surface area contributed by atoms with Crippen LogP contribution in [-0.2, 0) is 16.6 Å². The van der Waals surface area contributed by atoms with Gasteiger partial charge in [0.25, 0.3) is 11.8 Å². The predicted molar refractivity (Wildman–Crippen MR) is 140 cm³/mol. The molecule has 3 aromatic rings. The Kier molecular flexibility index (Phi) is 5.09. The van der Waals surface area contributed by atoms with Crippen LogP contribution in [0.15, 0.2) is 42.5 Å². The van der Waals surface area contributed by atoms with Crippen LogP contribution >= 0.6 is 0 Å². The molecule has 4 aliphatic rings. The molecule has 0 radical (unpaired) electrons. The van der Waals surface area contributed by atoms with Gasteiger partial charge in [-0.1, -0.05) is 0 Å². The molecular weight excluding hydrogens is 484 g/mol. The number of carbonyl (C=O) groups excluding carboxylic acids is 2. The molecule has 1 aliphatic carbocycles. The summed E-state index contributed by atoms with van der Waals surface area (Å²) in [4.78, 5) is 30.3. The first kappa shape index (κ1) is 23.0. The van der Waals surface area contributed by atoms with Gasteiger partial charge in [0.15, 0.2) is 5.69 Å². The second-order valence-corrected chi connectivity index (χ2v) is 10.4. The number of nitrogens with zero attached hydrogens (tertiary/aromatic N) is 4. The third-order valence-electron chi connectivity index (χ3n) is 8.11. The van der Waals surface area contributed by atoms with E-state index < -0.39 is 5.91 Å². The molecular formula is C28H28N6O4. The molecule has 3 aliphatic heterocycles. The number of morpholine rings is 1. The van der Waals surface area contributed by atoms with Gasteiger partial charge in [-0.05, 0) is 60.9 Å². The van der Waals surface area contributed by atoms with Gasteiger partial charge in [0.2, 0.25) is 0 Å². The minimum atomic E-state index is -0.622. The van der Waals surface area contributed by atoms with Gasteiger partial charge < -0.3 is 25.0 Å². The fraction of sp³-hybridized carbons (Fsp3) is 0.357. The number of ether oxygens (including phenoxy) is 2. The van der Waals surface area contributed by atoms with Crippen molar-refractivity contribution >= 4 is 23.3 Å². The van der Waals surface area contributed by atoms with Crippen LogP contribution in [0.3, 0.4) is 0 Å². The van der Waals surface area contributed by atoms with Crippen LogP contribution in [0.1, 0.15) is 50.5 Å². The van der Waals surface area contributed by atoms with Crippen molar-refractivity contribution < 1.29 is 19.1 Å². The zero-order valence-electron chi connectivity index (χ0n) is 20.9. The number of amides is 2. The van der Waals surface area contributed by atoms with E-state index in [2.05, 4.69) is 5.10 Å². The fourth-order valence-corrected chi connectivity index (χ4v) is 5.90. The summed E-state index contributed by atoms with van der Waals surface area (Å²) < 4.78 is 12.6. The van der Waals surface area contributed by atoms with Crippen LogP contribution < -0.4 is 15.4 Å². The number of aromatic nitrogens is 2. The Hall–Kier alpha value is -4.18. The number of nitrogens with one attached hydrogen (secondary N) is 1. The number of carbonyl (C=O) groups is 2. The Labute approximate surface area is 219 Å². The lowest BCUT2D eigenvalue weighted by molar-refractivity contribution is 0.0680. The largest absolute Gasteiger partial charge is 0.493 e. The molecule has 1 saturated carbocycles. The van der Waals surface area contributed by atoms with Crippen molar-refractivity contribution in [1.29, 1.82) is 5.41 Å². The van der Waals surface area contributed by atoms with Crippen LogP contribution in [0.4, 0.5) is 5.69 Å². The third-order valence-corrected chi connectivity index (χ3v) is 8.11. The lowest BCUT2D eigenvalue weighted by Gasteiger charge is -2.34. The maximum atomic E-state index is 14.1. The summed E-state index contributed by atoms with van der Waals surface area (Å²) >= 11 is 0. The van der Waals surface area contributed by atoms with Crippen LogP contribution in [0, 0.1) is 5.41 Å². The highest BCUT2D eigenvalue weighted by Crippen LogP contribution is 2.54. The minimum Gasteiger partial charge on any atom is -0.493 e. The average molecular weight is 513 g/mol. The monoisotopic (exact) mass is 512 g/mol. The molecule has 38 heavy (non-hydrogen) atoms. The number of primary amides is 1. The third kappa shape index (κ3) is 3.51. The highest BCUT2D eigenvalue weighted by atomic mass is 16.5. The average Bonchev–Trinajstić information content (AvgIpc) is 3.35. The summed E-state index contributed by atoms with van der Waals surface area (Å²) in [7, 11) is 0. The van der Waals surface area contributed by atoms with Crippen LogP contribution in [-0.4, -0.2) is 71.8 Å². The maximum Gasteiger partial charge on any atom is 0.277 e. The number of hydrogen-bond acceptors (Lipinski definition) is 6. The van der Waals surface area contributed by atoms with Crippen molar-refractivity contribution in [2.75, 3.05) is 44.4 Å². The zero-order chi connectivity index (χ0) is 26.0. The fourth-order valence-electron chi connectivity index (χ4n) is 5.90. The van der Waals surface area contributed by atoms with Crippen molar-refractivity contribution in [2.24, 2.45) is 5.73 Å². The highest BCUT2D eigenvalue weighted by molar-refractivity contribution is 6.11. The van der Waals surface area contributed by atoms with Gasteiger partial charge in [0.1, 0.15) is 17.3 Å². The van der Waals surface area contributed by atoms with Crippen LogP contribution in [0.25, 0.3) is 5.69 Å². The summed E-state index contributed by atoms with van der Waals surface area (Å²) in [5, 5.41) is 13.2. The number of amidine groups is 1. The molecule has 3 N–H and O–H groups in total. The molecule has 0 bridgehead atoms. The first-order chi connectivity index (χ1) is 18.4. The first-order valence-electron chi connectivity index (χ1n) is 13.0. The van der Waals surface area contributed by atoms with E-state index >= 15 is 0 Å². The Balaban J connectivity index is 1.27. The topological polar surface area (TPSA) is 127 Å². The Morgan fingerprint density at radius 2 is 1.76 bits per heavy atom. The van der Waals surface area contributed by atoms with E-state index in [0.29, 0.717) is 62.2 Å².